The van der Waals surface area contributed by atoms with E-state index in [2.05, 4.69) is 58.7 Å². The van der Waals surface area contributed by atoms with Gasteiger partial charge in [0, 0.05) is 22.7 Å². The van der Waals surface area contributed by atoms with Gasteiger partial charge in [-0.1, -0.05) is 12.1 Å². The summed E-state index contributed by atoms with van der Waals surface area (Å²) in [6.07, 6.45) is 0. The molecule has 3 heteroatoms. The number of rotatable bonds is 2. The van der Waals surface area contributed by atoms with Gasteiger partial charge in [0.25, 0.3) is 0 Å². The Hall–Kier alpha value is -0.130. The van der Waals surface area contributed by atoms with Crippen molar-refractivity contribution in [3.05, 3.63) is 33.4 Å². The van der Waals surface area contributed by atoms with Gasteiger partial charge in [-0.2, -0.15) is 0 Å². The van der Waals surface area contributed by atoms with Crippen molar-refractivity contribution in [2.45, 2.75) is 19.5 Å². The summed E-state index contributed by atoms with van der Waals surface area (Å²) in [7, 11) is 0. The highest BCUT2D eigenvalue weighted by atomic mass is 127. The van der Waals surface area contributed by atoms with Crippen LogP contribution in [-0.4, -0.2) is 30.7 Å². The van der Waals surface area contributed by atoms with Gasteiger partial charge in [-0.15, -0.1) is 0 Å². The summed E-state index contributed by atoms with van der Waals surface area (Å²) in [4.78, 5) is 2.48. The topological polar surface area (TPSA) is 12.5 Å². The Morgan fingerprint density at radius 3 is 3.13 bits per heavy atom. The zero-order valence-electron chi connectivity index (χ0n) is 8.95. The molecule has 1 fully saturated rings. The van der Waals surface area contributed by atoms with E-state index in [4.69, 9.17) is 4.74 Å². The molecule has 0 bridgehead atoms. The second-order valence-corrected chi connectivity index (χ2v) is 5.27. The molecule has 1 heterocycles. The van der Waals surface area contributed by atoms with E-state index >= 15 is 0 Å². The molecule has 0 saturated carbocycles. The molecule has 1 saturated heterocycles. The van der Waals surface area contributed by atoms with Crippen molar-refractivity contribution >= 4 is 22.6 Å². The first kappa shape index (κ1) is 11.4. The lowest BCUT2D eigenvalue weighted by molar-refractivity contribution is -0.00437. The monoisotopic (exact) mass is 317 g/mol. The molecule has 0 radical (unpaired) electrons. The highest BCUT2D eigenvalue weighted by Gasteiger charge is 2.18. The first-order valence-electron chi connectivity index (χ1n) is 5.32. The van der Waals surface area contributed by atoms with E-state index in [1.54, 1.807) is 0 Å². The molecule has 15 heavy (non-hydrogen) atoms. The lowest BCUT2D eigenvalue weighted by atomic mass is 10.1. The van der Waals surface area contributed by atoms with Crippen molar-refractivity contribution in [1.82, 2.24) is 4.90 Å². The van der Waals surface area contributed by atoms with Gasteiger partial charge >= 0.3 is 0 Å². The Bertz CT molecular complexity index is 329. The fourth-order valence-corrected chi connectivity index (χ4v) is 2.47. The highest BCUT2D eigenvalue weighted by Crippen LogP contribution is 2.14. The van der Waals surface area contributed by atoms with Crippen molar-refractivity contribution in [2.75, 3.05) is 19.8 Å². The van der Waals surface area contributed by atoms with Crippen molar-refractivity contribution in [2.24, 2.45) is 0 Å². The van der Waals surface area contributed by atoms with E-state index in [9.17, 15) is 0 Å². The van der Waals surface area contributed by atoms with E-state index in [0.29, 0.717) is 6.04 Å². The zero-order valence-corrected chi connectivity index (χ0v) is 11.1. The molecule has 0 aliphatic carbocycles. The van der Waals surface area contributed by atoms with E-state index in [0.717, 1.165) is 26.3 Å². The quantitative estimate of drug-likeness (QED) is 0.777. The average molecular weight is 317 g/mol. The summed E-state index contributed by atoms with van der Waals surface area (Å²) in [6.45, 7) is 6.05. The van der Waals surface area contributed by atoms with Crippen LogP contribution in [0, 0.1) is 3.57 Å². The van der Waals surface area contributed by atoms with Crippen LogP contribution in [0.2, 0.25) is 0 Å². The van der Waals surface area contributed by atoms with Crippen molar-refractivity contribution in [3.8, 4) is 0 Å². The number of hydrogen-bond acceptors (Lipinski definition) is 2. The molecular formula is C12H16INO. The fourth-order valence-electron chi connectivity index (χ4n) is 1.87. The average Bonchev–Trinajstić information content (AvgIpc) is 2.22. The molecule has 1 aliphatic heterocycles. The molecule has 0 unspecified atom stereocenters. The number of hydrogen-bond donors (Lipinski definition) is 0. The molecule has 1 atom stereocenters. The predicted molar refractivity (Wildman–Crippen MR) is 69.9 cm³/mol. The van der Waals surface area contributed by atoms with Crippen LogP contribution in [0.1, 0.15) is 12.5 Å². The molecule has 2 nitrogen and oxygen atoms in total. The fraction of sp³-hybridized carbons (Fsp3) is 0.500. The molecule has 82 valence electrons. The van der Waals surface area contributed by atoms with Gasteiger partial charge in [0.05, 0.1) is 13.2 Å². The molecule has 1 aliphatic rings. The van der Waals surface area contributed by atoms with Gasteiger partial charge in [0.1, 0.15) is 0 Å². The van der Waals surface area contributed by atoms with Crippen molar-refractivity contribution in [1.29, 1.82) is 0 Å². The maximum absolute atomic E-state index is 5.43. The second-order valence-electron chi connectivity index (χ2n) is 4.02. The lowest BCUT2D eigenvalue weighted by Gasteiger charge is -2.33. The van der Waals surface area contributed by atoms with Gasteiger partial charge < -0.3 is 4.74 Å². The first-order chi connectivity index (χ1) is 7.25. The Labute approximate surface area is 105 Å². The van der Waals surface area contributed by atoms with Crippen LogP contribution in [0.15, 0.2) is 24.3 Å². The van der Waals surface area contributed by atoms with Crippen molar-refractivity contribution in [3.63, 3.8) is 0 Å². The minimum Gasteiger partial charge on any atom is -0.379 e. The van der Waals surface area contributed by atoms with Crippen LogP contribution in [-0.2, 0) is 11.3 Å². The summed E-state index contributed by atoms with van der Waals surface area (Å²) in [5.41, 5.74) is 1.40. The van der Waals surface area contributed by atoms with Gasteiger partial charge in [-0.3, -0.25) is 4.90 Å². The standard InChI is InChI=1S/C12H16INO/c1-10-9-15-6-5-14(10)8-11-3-2-4-12(13)7-11/h2-4,7,10H,5-6,8-9H2,1H3/t10-/m1/s1. The highest BCUT2D eigenvalue weighted by molar-refractivity contribution is 14.1. The normalized spacial score (nSPS) is 22.9. The molecule has 0 amide bonds. The molecule has 1 aromatic carbocycles. The van der Waals surface area contributed by atoms with Crippen LogP contribution >= 0.6 is 22.6 Å². The summed E-state index contributed by atoms with van der Waals surface area (Å²) < 4.78 is 6.74. The minimum absolute atomic E-state index is 0.539. The molecular weight excluding hydrogens is 301 g/mol. The number of ether oxygens (including phenoxy) is 1. The molecule has 0 N–H and O–H groups in total. The first-order valence-corrected chi connectivity index (χ1v) is 6.40. The molecule has 1 aromatic rings. The largest absolute Gasteiger partial charge is 0.379 e. The molecule has 0 spiro atoms. The van der Waals surface area contributed by atoms with Crippen molar-refractivity contribution < 1.29 is 4.74 Å². The third-order valence-electron chi connectivity index (χ3n) is 2.78. The Balaban J connectivity index is 2.01. The van der Waals surface area contributed by atoms with Gasteiger partial charge in [0.15, 0.2) is 0 Å². The molecule has 2 rings (SSSR count). The van der Waals surface area contributed by atoms with E-state index in [-0.39, 0.29) is 0 Å². The number of nitrogens with zero attached hydrogens (tertiary/aromatic N) is 1. The van der Waals surface area contributed by atoms with Crippen LogP contribution in [0.3, 0.4) is 0 Å². The SMILES string of the molecule is C[C@@H]1COCCN1Cc1cccc(I)c1. The van der Waals surface area contributed by atoms with Gasteiger partial charge in [0.2, 0.25) is 0 Å². The second kappa shape index (κ2) is 5.27. The summed E-state index contributed by atoms with van der Waals surface area (Å²) >= 11 is 2.36. The predicted octanol–water partition coefficient (Wildman–Crippen LogP) is 2.51. The smallest absolute Gasteiger partial charge is 0.0619 e. The third-order valence-corrected chi connectivity index (χ3v) is 3.45. The van der Waals surface area contributed by atoms with Gasteiger partial charge in [-0.05, 0) is 47.2 Å². The maximum Gasteiger partial charge on any atom is 0.0619 e. The summed E-state index contributed by atoms with van der Waals surface area (Å²) in [5, 5.41) is 0. The Kier molecular flexibility index (Phi) is 3.99. The van der Waals surface area contributed by atoms with E-state index < -0.39 is 0 Å². The Morgan fingerprint density at radius 2 is 2.40 bits per heavy atom. The summed E-state index contributed by atoms with van der Waals surface area (Å²) in [6, 6.07) is 9.25. The Morgan fingerprint density at radius 1 is 1.53 bits per heavy atom. The third kappa shape index (κ3) is 3.16. The summed E-state index contributed by atoms with van der Waals surface area (Å²) in [5.74, 6) is 0. The lowest BCUT2D eigenvalue weighted by Crippen LogP contribution is -2.42. The van der Waals surface area contributed by atoms with E-state index in [1.807, 2.05) is 0 Å². The van der Waals surface area contributed by atoms with Crippen LogP contribution < -0.4 is 0 Å². The van der Waals surface area contributed by atoms with Gasteiger partial charge in [-0.25, -0.2) is 0 Å². The number of benzene rings is 1. The molecule has 0 aromatic heterocycles. The number of halogens is 1. The van der Waals surface area contributed by atoms with Crippen LogP contribution in [0.25, 0.3) is 0 Å². The minimum atomic E-state index is 0.539. The van der Waals surface area contributed by atoms with E-state index in [1.165, 1.54) is 9.13 Å². The van der Waals surface area contributed by atoms with Crippen LogP contribution in [0.5, 0.6) is 0 Å². The maximum atomic E-state index is 5.43. The zero-order chi connectivity index (χ0) is 10.7. The number of morpholine rings is 1. The van der Waals surface area contributed by atoms with Crippen LogP contribution in [0.4, 0.5) is 0 Å².